The Morgan fingerprint density at radius 1 is 1.16 bits per heavy atom. The van der Waals surface area contributed by atoms with Gasteiger partial charge in [0.2, 0.25) is 0 Å². The lowest BCUT2D eigenvalue weighted by Crippen LogP contribution is -2.37. The number of aliphatic carboxylic acids is 1. The largest absolute Gasteiger partial charge is 0.481 e. The van der Waals surface area contributed by atoms with Gasteiger partial charge in [0.15, 0.2) is 0 Å². The minimum atomic E-state index is -2.61. The van der Waals surface area contributed by atoms with Crippen LogP contribution < -0.4 is 10.6 Å². The van der Waals surface area contributed by atoms with Gasteiger partial charge in [0.1, 0.15) is 0 Å². The summed E-state index contributed by atoms with van der Waals surface area (Å²) in [6.45, 7) is -0.638. The van der Waals surface area contributed by atoms with Crippen molar-refractivity contribution in [3.8, 4) is 0 Å². The molecule has 104 valence electrons. The van der Waals surface area contributed by atoms with Crippen LogP contribution in [0.3, 0.4) is 0 Å². The van der Waals surface area contributed by atoms with Crippen molar-refractivity contribution in [3.05, 3.63) is 35.4 Å². The molecule has 0 atom stereocenters. The lowest BCUT2D eigenvalue weighted by atomic mass is 10.0. The number of carboxylic acids is 1. The number of halogens is 2. The number of carboxylic acid groups (broad SMARTS) is 1. The summed E-state index contributed by atoms with van der Waals surface area (Å²) in [5.41, 5.74) is 1.21. The van der Waals surface area contributed by atoms with Gasteiger partial charge in [0, 0.05) is 6.54 Å². The van der Waals surface area contributed by atoms with Crippen molar-refractivity contribution in [2.75, 3.05) is 6.54 Å². The minimum Gasteiger partial charge on any atom is -0.481 e. The van der Waals surface area contributed by atoms with Crippen LogP contribution in [0.2, 0.25) is 0 Å². The highest BCUT2D eigenvalue weighted by Crippen LogP contribution is 2.09. The van der Waals surface area contributed by atoms with Gasteiger partial charge in [-0.2, -0.15) is 0 Å². The maximum Gasteiger partial charge on any atom is 0.315 e. The van der Waals surface area contributed by atoms with Crippen LogP contribution in [0.15, 0.2) is 24.3 Å². The molecule has 0 aliphatic carbocycles. The Bertz CT molecular complexity index is 452. The van der Waals surface area contributed by atoms with Gasteiger partial charge in [-0.05, 0) is 11.1 Å². The van der Waals surface area contributed by atoms with E-state index in [1.807, 2.05) is 5.32 Å². The summed E-state index contributed by atoms with van der Waals surface area (Å²) in [7, 11) is 0. The molecule has 0 aromatic heterocycles. The summed E-state index contributed by atoms with van der Waals surface area (Å²) < 4.78 is 23.7. The number of hydrogen-bond acceptors (Lipinski definition) is 2. The highest BCUT2D eigenvalue weighted by molar-refractivity contribution is 5.74. The molecular formula is C12H14F2N2O3. The second-order valence-electron chi connectivity index (χ2n) is 3.79. The predicted molar refractivity (Wildman–Crippen MR) is 64.0 cm³/mol. The van der Waals surface area contributed by atoms with Crippen LogP contribution in [0, 0.1) is 0 Å². The summed E-state index contributed by atoms with van der Waals surface area (Å²) in [6.07, 6.45) is -2.76. The van der Waals surface area contributed by atoms with Gasteiger partial charge in [-0.3, -0.25) is 4.79 Å². The molecule has 3 N–H and O–H groups in total. The SMILES string of the molecule is O=C(O)Cc1ccccc1CNC(=O)NCC(F)F. The summed E-state index contributed by atoms with van der Waals surface area (Å²) in [6, 6.07) is 6.00. The fraction of sp³-hybridized carbons (Fsp3) is 0.333. The summed E-state index contributed by atoms with van der Waals surface area (Å²) >= 11 is 0. The zero-order valence-electron chi connectivity index (χ0n) is 10.0. The first-order valence-electron chi connectivity index (χ1n) is 5.57. The van der Waals surface area contributed by atoms with Gasteiger partial charge < -0.3 is 15.7 Å². The van der Waals surface area contributed by atoms with E-state index in [0.717, 1.165) is 0 Å². The number of hydrogen-bond donors (Lipinski definition) is 3. The van der Waals surface area contributed by atoms with Crippen molar-refractivity contribution < 1.29 is 23.5 Å². The molecule has 0 spiro atoms. The molecule has 0 bridgehead atoms. The second-order valence-corrected chi connectivity index (χ2v) is 3.79. The summed E-state index contributed by atoms with van der Waals surface area (Å²) in [5.74, 6) is -0.977. The monoisotopic (exact) mass is 272 g/mol. The predicted octanol–water partition coefficient (Wildman–Crippen LogP) is 1.38. The third-order valence-electron chi connectivity index (χ3n) is 2.32. The van der Waals surface area contributed by atoms with Gasteiger partial charge in [-0.15, -0.1) is 0 Å². The van der Waals surface area contributed by atoms with E-state index in [4.69, 9.17) is 5.11 Å². The fourth-order valence-corrected chi connectivity index (χ4v) is 1.47. The number of carbonyl (C=O) groups is 2. The minimum absolute atomic E-state index is 0.0819. The van der Waals surface area contributed by atoms with Gasteiger partial charge in [0.25, 0.3) is 6.43 Å². The van der Waals surface area contributed by atoms with E-state index >= 15 is 0 Å². The smallest absolute Gasteiger partial charge is 0.315 e. The molecular weight excluding hydrogens is 258 g/mol. The van der Waals surface area contributed by atoms with Crippen molar-refractivity contribution >= 4 is 12.0 Å². The van der Waals surface area contributed by atoms with E-state index < -0.39 is 25.0 Å². The Hall–Kier alpha value is -2.18. The van der Waals surface area contributed by atoms with E-state index in [1.54, 1.807) is 24.3 Å². The number of urea groups is 1. The normalized spacial score (nSPS) is 10.3. The first-order valence-corrected chi connectivity index (χ1v) is 5.57. The summed E-state index contributed by atoms with van der Waals surface area (Å²) in [4.78, 5) is 21.8. The Labute approximate surface area is 108 Å². The maximum absolute atomic E-state index is 11.9. The molecule has 0 aliphatic heterocycles. The van der Waals surface area contributed by atoms with Crippen molar-refractivity contribution in [3.63, 3.8) is 0 Å². The average molecular weight is 272 g/mol. The highest BCUT2D eigenvalue weighted by Gasteiger charge is 2.09. The molecule has 2 amide bonds. The number of rotatable bonds is 6. The molecule has 0 unspecified atom stereocenters. The van der Waals surface area contributed by atoms with Crippen molar-refractivity contribution in [1.82, 2.24) is 10.6 Å². The van der Waals surface area contributed by atoms with Crippen LogP contribution >= 0.6 is 0 Å². The van der Waals surface area contributed by atoms with Crippen LogP contribution in [0.25, 0.3) is 0 Å². The van der Waals surface area contributed by atoms with Crippen LogP contribution in [-0.2, 0) is 17.8 Å². The van der Waals surface area contributed by atoms with E-state index in [9.17, 15) is 18.4 Å². The number of benzene rings is 1. The molecule has 0 aliphatic rings. The lowest BCUT2D eigenvalue weighted by molar-refractivity contribution is -0.136. The standard InChI is InChI=1S/C12H14F2N2O3/c13-10(14)7-16-12(19)15-6-9-4-2-1-3-8(9)5-11(17)18/h1-4,10H,5-7H2,(H,17,18)(H2,15,16,19). The van der Waals surface area contributed by atoms with Gasteiger partial charge >= 0.3 is 12.0 Å². The van der Waals surface area contributed by atoms with Crippen LogP contribution in [0.5, 0.6) is 0 Å². The van der Waals surface area contributed by atoms with Gasteiger partial charge in [-0.1, -0.05) is 24.3 Å². The molecule has 19 heavy (non-hydrogen) atoms. The first-order chi connectivity index (χ1) is 8.99. The van der Waals surface area contributed by atoms with E-state index in [0.29, 0.717) is 11.1 Å². The zero-order valence-corrected chi connectivity index (χ0v) is 10.0. The van der Waals surface area contributed by atoms with E-state index in [1.165, 1.54) is 0 Å². The number of amides is 2. The van der Waals surface area contributed by atoms with Crippen molar-refractivity contribution in [2.24, 2.45) is 0 Å². The lowest BCUT2D eigenvalue weighted by Gasteiger charge is -2.10. The second kappa shape index (κ2) is 7.30. The van der Waals surface area contributed by atoms with Gasteiger partial charge in [0.05, 0.1) is 13.0 Å². The number of nitrogens with one attached hydrogen (secondary N) is 2. The fourth-order valence-electron chi connectivity index (χ4n) is 1.47. The number of alkyl halides is 2. The molecule has 0 fully saturated rings. The molecule has 5 nitrogen and oxygen atoms in total. The van der Waals surface area contributed by atoms with E-state index in [-0.39, 0.29) is 13.0 Å². The topological polar surface area (TPSA) is 78.4 Å². The molecule has 1 rings (SSSR count). The first kappa shape index (κ1) is 14.9. The van der Waals surface area contributed by atoms with Crippen LogP contribution in [-0.4, -0.2) is 30.1 Å². The Balaban J connectivity index is 2.52. The quantitative estimate of drug-likeness (QED) is 0.732. The molecule has 1 aromatic rings. The van der Waals surface area contributed by atoms with Crippen LogP contribution in [0.4, 0.5) is 13.6 Å². The van der Waals surface area contributed by atoms with Crippen LogP contribution in [0.1, 0.15) is 11.1 Å². The Kier molecular flexibility index (Phi) is 5.72. The zero-order chi connectivity index (χ0) is 14.3. The van der Waals surface area contributed by atoms with Crippen molar-refractivity contribution in [2.45, 2.75) is 19.4 Å². The summed E-state index contributed by atoms with van der Waals surface area (Å²) in [5, 5.41) is 13.1. The molecule has 0 saturated carbocycles. The Morgan fingerprint density at radius 3 is 2.37 bits per heavy atom. The maximum atomic E-state index is 11.9. The molecule has 0 radical (unpaired) electrons. The number of carbonyl (C=O) groups excluding carboxylic acids is 1. The average Bonchev–Trinajstić information content (AvgIpc) is 2.34. The molecule has 0 saturated heterocycles. The molecule has 0 heterocycles. The molecule has 1 aromatic carbocycles. The van der Waals surface area contributed by atoms with Crippen molar-refractivity contribution in [1.29, 1.82) is 0 Å². The third kappa shape index (κ3) is 5.80. The third-order valence-corrected chi connectivity index (χ3v) is 2.32. The van der Waals surface area contributed by atoms with E-state index in [2.05, 4.69) is 5.32 Å². The Morgan fingerprint density at radius 2 is 1.79 bits per heavy atom. The van der Waals surface area contributed by atoms with Gasteiger partial charge in [-0.25, -0.2) is 13.6 Å². The highest BCUT2D eigenvalue weighted by atomic mass is 19.3. The molecule has 7 heteroatoms.